The van der Waals surface area contributed by atoms with Crippen LogP contribution >= 0.6 is 0 Å². The number of nitrogens with one attached hydrogen (secondary N) is 1. The fourth-order valence-corrected chi connectivity index (χ4v) is 4.43. The van der Waals surface area contributed by atoms with Gasteiger partial charge in [0.15, 0.2) is 0 Å². The number of hydrogen-bond donors (Lipinski definition) is 1. The smallest absolute Gasteiger partial charge is 0.321 e. The molecule has 0 atom stereocenters. The molecule has 0 aromatic heterocycles. The molecule has 0 unspecified atom stereocenters. The maximum atomic E-state index is 12.7. The first-order valence-electron chi connectivity index (χ1n) is 11.4. The lowest BCUT2D eigenvalue weighted by Crippen LogP contribution is -2.52. The second-order valence-electron chi connectivity index (χ2n) is 8.31. The van der Waals surface area contributed by atoms with Gasteiger partial charge in [-0.1, -0.05) is 43.2 Å². The number of rotatable bonds is 8. The maximum absolute atomic E-state index is 12.7. The normalized spacial score (nSPS) is 17.6. The van der Waals surface area contributed by atoms with Gasteiger partial charge >= 0.3 is 6.03 Å². The number of amides is 2. The van der Waals surface area contributed by atoms with Gasteiger partial charge in [0, 0.05) is 37.9 Å². The molecule has 0 radical (unpaired) electrons. The van der Waals surface area contributed by atoms with E-state index < -0.39 is 0 Å². The average molecular weight is 424 g/mol. The van der Waals surface area contributed by atoms with Gasteiger partial charge in [0.25, 0.3) is 0 Å². The van der Waals surface area contributed by atoms with E-state index in [1.165, 1.54) is 25.7 Å². The van der Waals surface area contributed by atoms with Crippen molar-refractivity contribution in [1.29, 1.82) is 0 Å². The first kappa shape index (κ1) is 21.7. The van der Waals surface area contributed by atoms with Gasteiger partial charge in [0.1, 0.15) is 12.4 Å². The highest BCUT2D eigenvalue weighted by Gasteiger charge is 2.27. The molecule has 6 nitrogen and oxygen atoms in total. The van der Waals surface area contributed by atoms with Crippen molar-refractivity contribution in [2.45, 2.75) is 38.3 Å². The summed E-state index contributed by atoms with van der Waals surface area (Å²) in [5.41, 5.74) is 1.84. The second kappa shape index (κ2) is 11.2. The third kappa shape index (κ3) is 6.45. The van der Waals surface area contributed by atoms with Gasteiger partial charge < -0.3 is 19.7 Å². The predicted molar refractivity (Wildman–Crippen MR) is 122 cm³/mol. The van der Waals surface area contributed by atoms with Crippen LogP contribution in [0.25, 0.3) is 0 Å². The minimum atomic E-state index is -0.0135. The fraction of sp³-hybridized carbons (Fsp3) is 0.480. The summed E-state index contributed by atoms with van der Waals surface area (Å²) in [6.45, 7) is 5.07. The maximum Gasteiger partial charge on any atom is 0.321 e. The zero-order valence-electron chi connectivity index (χ0n) is 18.2. The standard InChI is InChI=1S/C25H33N3O3/c29-25(28-15-13-27(14-16-28)23-9-4-5-10-23)26-22-8-6-7-21(19-22)20-30-17-18-31-24-11-2-1-3-12-24/h1-3,6-8,11-12,19,23H,4-5,9-10,13-18,20H2,(H,26,29). The molecule has 31 heavy (non-hydrogen) atoms. The van der Waals surface area contributed by atoms with E-state index >= 15 is 0 Å². The number of para-hydroxylation sites is 1. The van der Waals surface area contributed by atoms with E-state index in [0.29, 0.717) is 19.8 Å². The molecular formula is C25H33N3O3. The number of carbonyl (C=O) groups excluding carboxylic acids is 1. The number of anilines is 1. The summed E-state index contributed by atoms with van der Waals surface area (Å²) in [6, 6.07) is 18.3. The molecule has 2 fully saturated rings. The van der Waals surface area contributed by atoms with Crippen LogP contribution in [0, 0.1) is 0 Å². The predicted octanol–water partition coefficient (Wildman–Crippen LogP) is 4.37. The lowest BCUT2D eigenvalue weighted by atomic mass is 10.2. The van der Waals surface area contributed by atoms with Gasteiger partial charge in [-0.15, -0.1) is 0 Å². The molecule has 1 saturated heterocycles. The molecular weight excluding hydrogens is 390 g/mol. The Hall–Kier alpha value is -2.57. The molecule has 1 N–H and O–H groups in total. The van der Waals surface area contributed by atoms with Gasteiger partial charge in [-0.3, -0.25) is 4.90 Å². The summed E-state index contributed by atoms with van der Waals surface area (Å²) in [7, 11) is 0. The molecule has 2 amide bonds. The first-order valence-corrected chi connectivity index (χ1v) is 11.4. The van der Waals surface area contributed by atoms with Crippen molar-refractivity contribution in [3.63, 3.8) is 0 Å². The molecule has 1 saturated carbocycles. The lowest BCUT2D eigenvalue weighted by molar-refractivity contribution is 0.0889. The highest BCUT2D eigenvalue weighted by Crippen LogP contribution is 2.24. The van der Waals surface area contributed by atoms with Crippen LogP contribution in [0.4, 0.5) is 10.5 Å². The van der Waals surface area contributed by atoms with E-state index in [1.54, 1.807) is 0 Å². The summed E-state index contributed by atoms with van der Waals surface area (Å²) in [4.78, 5) is 17.2. The van der Waals surface area contributed by atoms with Crippen LogP contribution in [0.3, 0.4) is 0 Å². The highest BCUT2D eigenvalue weighted by molar-refractivity contribution is 5.89. The molecule has 1 heterocycles. The Labute approximate surface area is 185 Å². The molecule has 1 aliphatic heterocycles. The van der Waals surface area contributed by atoms with Crippen molar-refractivity contribution in [1.82, 2.24) is 9.80 Å². The molecule has 1 aliphatic carbocycles. The molecule has 6 heteroatoms. The average Bonchev–Trinajstić information content (AvgIpc) is 3.35. The van der Waals surface area contributed by atoms with Gasteiger partial charge in [0.05, 0.1) is 13.2 Å². The zero-order chi connectivity index (χ0) is 21.3. The minimum Gasteiger partial charge on any atom is -0.491 e. The largest absolute Gasteiger partial charge is 0.491 e. The zero-order valence-corrected chi connectivity index (χ0v) is 18.2. The van der Waals surface area contributed by atoms with Crippen molar-refractivity contribution in [2.75, 3.05) is 44.7 Å². The van der Waals surface area contributed by atoms with Gasteiger partial charge in [0.2, 0.25) is 0 Å². The Morgan fingerprint density at radius 2 is 1.71 bits per heavy atom. The molecule has 2 aliphatic rings. The van der Waals surface area contributed by atoms with Crippen LogP contribution in [0.1, 0.15) is 31.2 Å². The van der Waals surface area contributed by atoms with E-state index in [-0.39, 0.29) is 6.03 Å². The van der Waals surface area contributed by atoms with Crippen LogP contribution < -0.4 is 10.1 Å². The molecule has 0 bridgehead atoms. The van der Waals surface area contributed by atoms with E-state index in [9.17, 15) is 4.79 Å². The minimum absolute atomic E-state index is 0.0135. The number of carbonyl (C=O) groups is 1. The summed E-state index contributed by atoms with van der Waals surface area (Å²) >= 11 is 0. The van der Waals surface area contributed by atoms with Crippen molar-refractivity contribution in [2.24, 2.45) is 0 Å². The number of nitrogens with zero attached hydrogens (tertiary/aromatic N) is 2. The Morgan fingerprint density at radius 3 is 2.48 bits per heavy atom. The van der Waals surface area contributed by atoms with E-state index in [0.717, 1.165) is 49.2 Å². The summed E-state index contributed by atoms with van der Waals surface area (Å²) in [6.07, 6.45) is 5.34. The fourth-order valence-electron chi connectivity index (χ4n) is 4.43. The molecule has 166 valence electrons. The molecule has 2 aromatic rings. The third-order valence-electron chi connectivity index (χ3n) is 6.13. The van der Waals surface area contributed by atoms with E-state index in [1.807, 2.05) is 59.5 Å². The highest BCUT2D eigenvalue weighted by atomic mass is 16.5. The number of benzene rings is 2. The van der Waals surface area contributed by atoms with Crippen molar-refractivity contribution < 1.29 is 14.3 Å². The second-order valence-corrected chi connectivity index (χ2v) is 8.31. The van der Waals surface area contributed by atoms with Gasteiger partial charge in [-0.25, -0.2) is 4.79 Å². The van der Waals surface area contributed by atoms with Crippen molar-refractivity contribution in [3.05, 3.63) is 60.2 Å². The van der Waals surface area contributed by atoms with Crippen LogP contribution in [0.2, 0.25) is 0 Å². The van der Waals surface area contributed by atoms with Crippen molar-refractivity contribution in [3.8, 4) is 5.75 Å². The van der Waals surface area contributed by atoms with Crippen LogP contribution in [0.5, 0.6) is 5.75 Å². The Morgan fingerprint density at radius 1 is 0.935 bits per heavy atom. The summed E-state index contributed by atoms with van der Waals surface area (Å²) in [5.74, 6) is 0.847. The van der Waals surface area contributed by atoms with Gasteiger partial charge in [-0.2, -0.15) is 0 Å². The lowest BCUT2D eigenvalue weighted by Gasteiger charge is -2.38. The number of ether oxygens (including phenoxy) is 2. The Bertz CT molecular complexity index is 816. The monoisotopic (exact) mass is 423 g/mol. The number of hydrogen-bond acceptors (Lipinski definition) is 4. The quantitative estimate of drug-likeness (QED) is 0.641. The van der Waals surface area contributed by atoms with Crippen LogP contribution in [0.15, 0.2) is 54.6 Å². The Kier molecular flexibility index (Phi) is 7.80. The van der Waals surface area contributed by atoms with Gasteiger partial charge in [-0.05, 0) is 42.7 Å². The van der Waals surface area contributed by atoms with E-state index in [2.05, 4.69) is 10.2 Å². The number of urea groups is 1. The van der Waals surface area contributed by atoms with Crippen LogP contribution in [-0.2, 0) is 11.3 Å². The van der Waals surface area contributed by atoms with Crippen molar-refractivity contribution >= 4 is 11.7 Å². The topological polar surface area (TPSA) is 54.0 Å². The van der Waals surface area contributed by atoms with E-state index in [4.69, 9.17) is 9.47 Å². The third-order valence-corrected chi connectivity index (χ3v) is 6.13. The first-order chi connectivity index (χ1) is 15.3. The number of piperazine rings is 1. The van der Waals surface area contributed by atoms with Crippen LogP contribution in [-0.4, -0.2) is 61.3 Å². The summed E-state index contributed by atoms with van der Waals surface area (Å²) < 4.78 is 11.4. The molecule has 0 spiro atoms. The Balaban J connectivity index is 1.17. The molecule has 2 aromatic carbocycles. The summed E-state index contributed by atoms with van der Waals surface area (Å²) in [5, 5.41) is 3.05. The molecule has 4 rings (SSSR count). The SMILES string of the molecule is O=C(Nc1cccc(COCCOc2ccccc2)c1)N1CCN(C2CCCC2)CC1.